The quantitative estimate of drug-likeness (QED) is 0.551. The van der Waals surface area contributed by atoms with Gasteiger partial charge in [-0.1, -0.05) is 6.07 Å². The van der Waals surface area contributed by atoms with Crippen LogP contribution < -0.4 is 26.3 Å². The highest BCUT2D eigenvalue weighted by molar-refractivity contribution is 7.08. The molecule has 5 nitrogen and oxygen atoms in total. The topological polar surface area (TPSA) is 82.5 Å². The summed E-state index contributed by atoms with van der Waals surface area (Å²) in [5, 5.41) is 7.72. The van der Waals surface area contributed by atoms with E-state index in [1.54, 1.807) is 25.6 Å². The number of hydrogen-bond donors (Lipinski definition) is 3. The maximum atomic E-state index is 6.13. The van der Waals surface area contributed by atoms with E-state index in [4.69, 9.17) is 20.9 Å². The number of methoxy groups -OCH3 is 2. The molecule has 0 atom stereocenters. The number of nitrogens with two attached hydrogens (primary N) is 2. The molecule has 0 aliphatic rings. The molecule has 0 saturated heterocycles. The van der Waals surface area contributed by atoms with Crippen molar-refractivity contribution in [1.29, 1.82) is 0 Å². The number of nitrogen functional groups attached to an aromatic ring is 2. The maximum absolute atomic E-state index is 6.13. The Bertz CT molecular complexity index is 893. The first-order valence-corrected chi connectivity index (χ1v) is 9.18. The van der Waals surface area contributed by atoms with Crippen LogP contribution in [0, 0.1) is 0 Å². The lowest BCUT2D eigenvalue weighted by atomic mass is 10.0. The van der Waals surface area contributed by atoms with Crippen LogP contribution in [-0.2, 0) is 13.1 Å². The van der Waals surface area contributed by atoms with Gasteiger partial charge in [0.25, 0.3) is 0 Å². The molecule has 0 spiro atoms. The standard InChI is InChI=1S/C20H23N3O2S/c1-24-19-6-3-13(7-20(19)25-2)9-23-10-14-11-26-12-17(14)16-8-15(21)4-5-18(16)22/h3-8,11-12,23H,9-10,21-22H2,1-2H3. The van der Waals surface area contributed by atoms with E-state index in [9.17, 15) is 0 Å². The van der Waals surface area contributed by atoms with Gasteiger partial charge in [-0.2, -0.15) is 11.3 Å². The summed E-state index contributed by atoms with van der Waals surface area (Å²) in [6.07, 6.45) is 0. The van der Waals surface area contributed by atoms with Crippen molar-refractivity contribution in [2.45, 2.75) is 13.1 Å². The fourth-order valence-corrected chi connectivity index (χ4v) is 3.69. The first-order chi connectivity index (χ1) is 12.6. The number of ether oxygens (including phenoxy) is 2. The fraction of sp³-hybridized carbons (Fsp3) is 0.200. The molecule has 6 heteroatoms. The minimum Gasteiger partial charge on any atom is -0.493 e. The number of rotatable bonds is 7. The molecule has 0 saturated carbocycles. The summed E-state index contributed by atoms with van der Waals surface area (Å²) in [7, 11) is 3.28. The van der Waals surface area contributed by atoms with Crippen LogP contribution in [0.1, 0.15) is 11.1 Å². The molecule has 3 rings (SSSR count). The highest BCUT2D eigenvalue weighted by Crippen LogP contribution is 2.33. The highest BCUT2D eigenvalue weighted by atomic mass is 32.1. The SMILES string of the molecule is COc1ccc(CNCc2cscc2-c2cc(N)ccc2N)cc1OC. The van der Waals surface area contributed by atoms with E-state index in [0.29, 0.717) is 5.69 Å². The van der Waals surface area contributed by atoms with Crippen LogP contribution >= 0.6 is 11.3 Å². The molecule has 5 N–H and O–H groups in total. The minimum atomic E-state index is 0.713. The van der Waals surface area contributed by atoms with Gasteiger partial charge < -0.3 is 26.3 Å². The number of hydrogen-bond acceptors (Lipinski definition) is 6. The molecular weight excluding hydrogens is 346 g/mol. The lowest BCUT2D eigenvalue weighted by Crippen LogP contribution is -2.13. The van der Waals surface area contributed by atoms with Gasteiger partial charge in [0, 0.05) is 30.0 Å². The summed E-state index contributed by atoms with van der Waals surface area (Å²) in [5.41, 5.74) is 17.9. The van der Waals surface area contributed by atoms with Crippen molar-refractivity contribution >= 4 is 22.7 Å². The molecule has 0 aliphatic carbocycles. The first kappa shape index (κ1) is 18.1. The third kappa shape index (κ3) is 3.92. The van der Waals surface area contributed by atoms with Gasteiger partial charge in [0.1, 0.15) is 0 Å². The zero-order valence-corrected chi connectivity index (χ0v) is 15.7. The van der Waals surface area contributed by atoms with Gasteiger partial charge in [0.15, 0.2) is 11.5 Å². The molecule has 3 aromatic rings. The van der Waals surface area contributed by atoms with Gasteiger partial charge in [-0.25, -0.2) is 0 Å². The second kappa shape index (κ2) is 8.12. The Balaban J connectivity index is 1.70. The second-order valence-electron chi connectivity index (χ2n) is 5.95. The van der Waals surface area contributed by atoms with E-state index in [-0.39, 0.29) is 0 Å². The predicted octanol–water partition coefficient (Wildman–Crippen LogP) is 3.89. The van der Waals surface area contributed by atoms with E-state index in [1.165, 1.54) is 5.56 Å². The summed E-state index contributed by atoms with van der Waals surface area (Å²) in [4.78, 5) is 0. The predicted molar refractivity (Wildman–Crippen MR) is 109 cm³/mol. The highest BCUT2D eigenvalue weighted by Gasteiger charge is 2.10. The summed E-state index contributed by atoms with van der Waals surface area (Å²) < 4.78 is 10.6. The molecule has 1 aromatic heterocycles. The van der Waals surface area contributed by atoms with Crippen LogP contribution in [0.3, 0.4) is 0 Å². The monoisotopic (exact) mass is 369 g/mol. The number of nitrogens with one attached hydrogen (secondary N) is 1. The van der Waals surface area contributed by atoms with Gasteiger partial charge in [0.05, 0.1) is 14.2 Å². The maximum Gasteiger partial charge on any atom is 0.161 e. The van der Waals surface area contributed by atoms with Gasteiger partial charge >= 0.3 is 0 Å². The second-order valence-corrected chi connectivity index (χ2v) is 6.69. The molecule has 0 bridgehead atoms. The Morgan fingerprint density at radius 3 is 2.46 bits per heavy atom. The molecule has 0 fully saturated rings. The van der Waals surface area contributed by atoms with E-state index in [0.717, 1.165) is 47.0 Å². The van der Waals surface area contributed by atoms with Crippen molar-refractivity contribution in [2.24, 2.45) is 0 Å². The van der Waals surface area contributed by atoms with Crippen LogP contribution in [0.2, 0.25) is 0 Å². The van der Waals surface area contributed by atoms with Gasteiger partial charge in [0.2, 0.25) is 0 Å². The Morgan fingerprint density at radius 2 is 1.69 bits per heavy atom. The minimum absolute atomic E-state index is 0.713. The Hall–Kier alpha value is -2.70. The van der Waals surface area contributed by atoms with Crippen molar-refractivity contribution in [3.63, 3.8) is 0 Å². The molecule has 136 valence electrons. The average Bonchev–Trinajstić information content (AvgIpc) is 3.11. The average molecular weight is 369 g/mol. The van der Waals surface area contributed by atoms with Crippen LogP contribution in [0.4, 0.5) is 11.4 Å². The van der Waals surface area contributed by atoms with E-state index in [2.05, 4.69) is 16.1 Å². The number of benzene rings is 2. The normalized spacial score (nSPS) is 10.7. The van der Waals surface area contributed by atoms with Crippen molar-refractivity contribution in [1.82, 2.24) is 5.32 Å². The lowest BCUT2D eigenvalue weighted by Gasteiger charge is -2.11. The lowest BCUT2D eigenvalue weighted by molar-refractivity contribution is 0.354. The smallest absolute Gasteiger partial charge is 0.161 e. The van der Waals surface area contributed by atoms with E-state index < -0.39 is 0 Å². The zero-order valence-electron chi connectivity index (χ0n) is 14.9. The largest absolute Gasteiger partial charge is 0.493 e. The van der Waals surface area contributed by atoms with Crippen molar-refractivity contribution in [3.05, 3.63) is 58.3 Å². The number of anilines is 2. The molecule has 0 amide bonds. The van der Waals surface area contributed by atoms with Crippen LogP contribution in [-0.4, -0.2) is 14.2 Å². The van der Waals surface area contributed by atoms with E-state index in [1.807, 2.05) is 36.4 Å². The fourth-order valence-electron chi connectivity index (χ4n) is 2.84. The summed E-state index contributed by atoms with van der Waals surface area (Å²) >= 11 is 1.66. The Morgan fingerprint density at radius 1 is 0.885 bits per heavy atom. The van der Waals surface area contributed by atoms with Crippen LogP contribution in [0.25, 0.3) is 11.1 Å². The van der Waals surface area contributed by atoms with Gasteiger partial charge in [-0.05, 0) is 57.8 Å². The third-order valence-electron chi connectivity index (χ3n) is 4.20. The van der Waals surface area contributed by atoms with Crippen LogP contribution in [0.5, 0.6) is 11.5 Å². The molecule has 2 aromatic carbocycles. The summed E-state index contributed by atoms with van der Waals surface area (Å²) in [6.45, 7) is 1.46. The van der Waals surface area contributed by atoms with Crippen molar-refractivity contribution < 1.29 is 9.47 Å². The summed E-state index contributed by atoms with van der Waals surface area (Å²) in [6, 6.07) is 11.5. The first-order valence-electron chi connectivity index (χ1n) is 8.24. The molecule has 0 radical (unpaired) electrons. The van der Waals surface area contributed by atoms with Crippen molar-refractivity contribution in [2.75, 3.05) is 25.7 Å². The van der Waals surface area contributed by atoms with Gasteiger partial charge in [-0.3, -0.25) is 0 Å². The molecule has 0 aliphatic heterocycles. The molecule has 26 heavy (non-hydrogen) atoms. The van der Waals surface area contributed by atoms with Crippen molar-refractivity contribution in [3.8, 4) is 22.6 Å². The Kier molecular flexibility index (Phi) is 5.65. The molecule has 1 heterocycles. The van der Waals surface area contributed by atoms with E-state index >= 15 is 0 Å². The Labute approximate surface area is 157 Å². The number of thiophene rings is 1. The summed E-state index contributed by atoms with van der Waals surface area (Å²) in [5.74, 6) is 1.46. The molecule has 0 unspecified atom stereocenters. The zero-order chi connectivity index (χ0) is 18.5. The third-order valence-corrected chi connectivity index (χ3v) is 4.99. The van der Waals surface area contributed by atoms with Gasteiger partial charge in [-0.15, -0.1) is 0 Å². The van der Waals surface area contributed by atoms with Crippen LogP contribution in [0.15, 0.2) is 47.2 Å². The molecular formula is C20H23N3O2S.